The summed E-state index contributed by atoms with van der Waals surface area (Å²) < 4.78 is 0. The van der Waals surface area contributed by atoms with E-state index in [1.165, 1.54) is 0 Å². The van der Waals surface area contributed by atoms with Gasteiger partial charge in [-0.1, -0.05) is 13.8 Å². The lowest BCUT2D eigenvalue weighted by molar-refractivity contribution is 0.214. The van der Waals surface area contributed by atoms with E-state index in [4.69, 9.17) is 0 Å². The van der Waals surface area contributed by atoms with Crippen LogP contribution in [0.25, 0.3) is 0 Å². The van der Waals surface area contributed by atoms with Crippen LogP contribution in [0.3, 0.4) is 0 Å². The fourth-order valence-electron chi connectivity index (χ4n) is 1.65. The minimum atomic E-state index is 0.507. The van der Waals surface area contributed by atoms with Crippen LogP contribution in [0.2, 0.25) is 0 Å². The molecule has 70 valence electrons. The average Bonchev–Trinajstić information content (AvgIpc) is 2.42. The average molecular weight is 187 g/mol. The van der Waals surface area contributed by atoms with Crippen LogP contribution in [0.5, 0.6) is 0 Å². The van der Waals surface area contributed by atoms with Crippen molar-refractivity contribution in [2.75, 3.05) is 6.54 Å². The first kappa shape index (κ1) is 8.81. The maximum Gasteiger partial charge on any atom is 0.123 e. The van der Waals surface area contributed by atoms with Gasteiger partial charge in [0.15, 0.2) is 0 Å². The number of thioether (sulfide) groups is 1. The van der Waals surface area contributed by atoms with E-state index < -0.39 is 0 Å². The number of nitrogens with one attached hydrogen (secondary N) is 2. The molecule has 0 aliphatic carbocycles. The van der Waals surface area contributed by atoms with E-state index in [2.05, 4.69) is 36.5 Å². The summed E-state index contributed by atoms with van der Waals surface area (Å²) in [7, 11) is 0. The minimum absolute atomic E-state index is 0.507. The molecule has 12 heavy (non-hydrogen) atoms. The normalized spacial score (nSPS) is 42.5. The van der Waals surface area contributed by atoms with Crippen LogP contribution >= 0.6 is 11.8 Å². The van der Waals surface area contributed by atoms with Gasteiger partial charge in [0.2, 0.25) is 0 Å². The van der Waals surface area contributed by atoms with Crippen molar-refractivity contribution < 1.29 is 0 Å². The standard InChI is InChI=1S/C8H17N3S/c1-5(2)7-10-11-4-6(3)9-8(11)12-7/h5-10H,4H2,1-3H3. The van der Waals surface area contributed by atoms with Gasteiger partial charge in [-0.15, -0.1) is 11.8 Å². The second-order valence-corrected chi connectivity index (χ2v) is 5.23. The third-order valence-electron chi connectivity index (χ3n) is 2.35. The van der Waals surface area contributed by atoms with E-state index in [1.807, 2.05) is 11.8 Å². The molecule has 0 spiro atoms. The van der Waals surface area contributed by atoms with Crippen LogP contribution in [-0.2, 0) is 0 Å². The fraction of sp³-hybridized carbons (Fsp3) is 1.00. The topological polar surface area (TPSA) is 27.3 Å². The van der Waals surface area contributed by atoms with Gasteiger partial charge < -0.3 is 0 Å². The predicted octanol–water partition coefficient (Wildman–Crippen LogP) is 0.797. The Morgan fingerprint density at radius 2 is 2.25 bits per heavy atom. The van der Waals surface area contributed by atoms with Gasteiger partial charge in [-0.2, -0.15) is 0 Å². The van der Waals surface area contributed by atoms with Gasteiger partial charge in [0.05, 0.1) is 5.37 Å². The lowest BCUT2D eigenvalue weighted by Gasteiger charge is -2.16. The highest BCUT2D eigenvalue weighted by Crippen LogP contribution is 2.32. The molecule has 0 aromatic heterocycles. The quantitative estimate of drug-likeness (QED) is 0.635. The van der Waals surface area contributed by atoms with Gasteiger partial charge in [0, 0.05) is 12.6 Å². The molecule has 2 N–H and O–H groups in total. The van der Waals surface area contributed by atoms with E-state index in [1.54, 1.807) is 0 Å². The van der Waals surface area contributed by atoms with Crippen LogP contribution in [0, 0.1) is 5.92 Å². The summed E-state index contributed by atoms with van der Waals surface area (Å²) in [5.74, 6) is 0.706. The van der Waals surface area contributed by atoms with Crippen molar-refractivity contribution in [3.05, 3.63) is 0 Å². The van der Waals surface area contributed by atoms with Crippen molar-refractivity contribution >= 4 is 11.8 Å². The zero-order valence-corrected chi connectivity index (χ0v) is 8.69. The molecule has 2 saturated heterocycles. The summed E-state index contributed by atoms with van der Waals surface area (Å²) >= 11 is 2.00. The fourth-order valence-corrected chi connectivity index (χ4v) is 3.04. The van der Waals surface area contributed by atoms with E-state index in [9.17, 15) is 0 Å². The monoisotopic (exact) mass is 187 g/mol. The largest absolute Gasteiger partial charge is 0.288 e. The Balaban J connectivity index is 1.93. The van der Waals surface area contributed by atoms with Crippen molar-refractivity contribution in [2.45, 2.75) is 37.7 Å². The predicted molar refractivity (Wildman–Crippen MR) is 52.4 cm³/mol. The number of hydrogen-bond donors (Lipinski definition) is 2. The molecule has 2 rings (SSSR count). The molecule has 0 aromatic rings. The third-order valence-corrected chi connectivity index (χ3v) is 3.95. The Hall–Kier alpha value is 0.230. The number of hydrazine groups is 1. The zero-order chi connectivity index (χ0) is 8.72. The van der Waals surface area contributed by atoms with Crippen molar-refractivity contribution in [3.63, 3.8) is 0 Å². The van der Waals surface area contributed by atoms with Gasteiger partial charge >= 0.3 is 0 Å². The van der Waals surface area contributed by atoms with Gasteiger partial charge in [-0.05, 0) is 12.8 Å². The van der Waals surface area contributed by atoms with Crippen LogP contribution in [0.4, 0.5) is 0 Å². The molecule has 0 amide bonds. The molecule has 3 nitrogen and oxygen atoms in total. The first-order valence-electron chi connectivity index (χ1n) is 4.61. The summed E-state index contributed by atoms with van der Waals surface area (Å²) in [6, 6.07) is 0.628. The number of rotatable bonds is 1. The molecule has 0 radical (unpaired) electrons. The van der Waals surface area contributed by atoms with Crippen LogP contribution in [0.15, 0.2) is 0 Å². The van der Waals surface area contributed by atoms with Crippen molar-refractivity contribution in [1.29, 1.82) is 0 Å². The second kappa shape index (κ2) is 3.18. The summed E-state index contributed by atoms with van der Waals surface area (Å²) in [4.78, 5) is 0. The van der Waals surface area contributed by atoms with Crippen molar-refractivity contribution in [1.82, 2.24) is 15.8 Å². The lowest BCUT2D eigenvalue weighted by Crippen LogP contribution is -2.39. The Bertz CT molecular complexity index is 160. The molecule has 2 aliphatic rings. The number of fused-ring (bicyclic) bond motifs is 1. The SMILES string of the molecule is CC1CN2NC(C(C)C)SC2N1. The highest BCUT2D eigenvalue weighted by atomic mass is 32.2. The Morgan fingerprint density at radius 1 is 1.50 bits per heavy atom. The molecule has 0 aromatic carbocycles. The maximum atomic E-state index is 3.53. The summed E-state index contributed by atoms with van der Waals surface area (Å²) in [5, 5.41) is 6.44. The van der Waals surface area contributed by atoms with E-state index in [0.29, 0.717) is 22.8 Å². The van der Waals surface area contributed by atoms with Crippen LogP contribution in [-0.4, -0.2) is 28.5 Å². The maximum absolute atomic E-state index is 3.53. The van der Waals surface area contributed by atoms with Crippen LogP contribution in [0.1, 0.15) is 20.8 Å². The molecule has 3 atom stereocenters. The molecule has 4 heteroatoms. The highest BCUT2D eigenvalue weighted by molar-refractivity contribution is 8.00. The minimum Gasteiger partial charge on any atom is -0.288 e. The van der Waals surface area contributed by atoms with Gasteiger partial charge in [-0.3, -0.25) is 5.32 Å². The van der Waals surface area contributed by atoms with E-state index in [-0.39, 0.29) is 0 Å². The Morgan fingerprint density at radius 3 is 2.83 bits per heavy atom. The molecule has 0 saturated carbocycles. The zero-order valence-electron chi connectivity index (χ0n) is 7.87. The number of hydrogen-bond acceptors (Lipinski definition) is 4. The molecule has 2 heterocycles. The van der Waals surface area contributed by atoms with Gasteiger partial charge in [0.1, 0.15) is 5.50 Å². The van der Waals surface area contributed by atoms with E-state index in [0.717, 1.165) is 6.54 Å². The molecule has 0 bridgehead atoms. The van der Waals surface area contributed by atoms with E-state index >= 15 is 0 Å². The molecular formula is C8H17N3S. The molecule has 2 fully saturated rings. The second-order valence-electron chi connectivity index (χ2n) is 4.00. The molecule has 2 aliphatic heterocycles. The van der Waals surface area contributed by atoms with Gasteiger partial charge in [-0.25, -0.2) is 10.4 Å². The summed E-state index contributed by atoms with van der Waals surface area (Å²) in [6.07, 6.45) is 0. The Kier molecular flexibility index (Phi) is 2.33. The highest BCUT2D eigenvalue weighted by Gasteiger charge is 2.39. The first-order valence-corrected chi connectivity index (χ1v) is 5.55. The van der Waals surface area contributed by atoms with Crippen molar-refractivity contribution in [3.8, 4) is 0 Å². The molecular weight excluding hydrogens is 170 g/mol. The summed E-state index contributed by atoms with van der Waals surface area (Å²) in [6.45, 7) is 7.87. The van der Waals surface area contributed by atoms with Crippen molar-refractivity contribution in [2.24, 2.45) is 5.92 Å². The number of nitrogens with zero attached hydrogens (tertiary/aromatic N) is 1. The Labute approximate surface area is 78.2 Å². The van der Waals surface area contributed by atoms with Crippen LogP contribution < -0.4 is 10.7 Å². The first-order chi connectivity index (χ1) is 5.66. The summed E-state index contributed by atoms with van der Waals surface area (Å²) in [5.41, 5.74) is 4.02. The third kappa shape index (κ3) is 1.48. The van der Waals surface area contributed by atoms with Gasteiger partial charge in [0.25, 0.3) is 0 Å². The lowest BCUT2D eigenvalue weighted by atomic mass is 10.2. The molecule has 3 unspecified atom stereocenters. The smallest absolute Gasteiger partial charge is 0.123 e.